The van der Waals surface area contributed by atoms with Crippen molar-refractivity contribution in [1.82, 2.24) is 0 Å². The number of hydrogen-bond acceptors (Lipinski definition) is 2. The molecular weight excluding hydrogens is 311 g/mol. The molecule has 0 spiro atoms. The van der Waals surface area contributed by atoms with Crippen LogP contribution in [0.25, 0.3) is 0 Å². The van der Waals surface area contributed by atoms with Gasteiger partial charge in [-0.15, -0.1) is 0 Å². The molecule has 0 fully saturated rings. The standard InChI is InChI=1S/C15H12Cl2N2O2/c1-9(20)18-11-3-5-12(6-4-11)19-15(21)13-8-10(16)2-7-14(13)17/h2-8H,1H3,(H,18,20)(H,19,21). The minimum atomic E-state index is -0.352. The molecule has 0 bridgehead atoms. The molecule has 0 saturated carbocycles. The topological polar surface area (TPSA) is 58.2 Å². The van der Waals surface area contributed by atoms with Crippen LogP contribution in [0.3, 0.4) is 0 Å². The maximum Gasteiger partial charge on any atom is 0.257 e. The van der Waals surface area contributed by atoms with Gasteiger partial charge >= 0.3 is 0 Å². The Hall–Kier alpha value is -2.04. The van der Waals surface area contributed by atoms with Crippen LogP contribution < -0.4 is 10.6 Å². The number of halogens is 2. The summed E-state index contributed by atoms with van der Waals surface area (Å²) in [7, 11) is 0. The highest BCUT2D eigenvalue weighted by Gasteiger charge is 2.11. The first-order valence-corrected chi connectivity index (χ1v) is 6.85. The van der Waals surface area contributed by atoms with Crippen molar-refractivity contribution in [3.05, 3.63) is 58.1 Å². The SMILES string of the molecule is CC(=O)Nc1ccc(NC(=O)c2cc(Cl)ccc2Cl)cc1. The first-order chi connectivity index (χ1) is 9.95. The molecule has 2 aromatic rings. The van der Waals surface area contributed by atoms with Crippen LogP contribution in [0.5, 0.6) is 0 Å². The average molecular weight is 323 g/mol. The van der Waals surface area contributed by atoms with E-state index in [1.54, 1.807) is 36.4 Å². The van der Waals surface area contributed by atoms with E-state index in [-0.39, 0.29) is 11.8 Å². The fourth-order valence-electron chi connectivity index (χ4n) is 1.71. The average Bonchev–Trinajstić information content (AvgIpc) is 2.43. The lowest BCUT2D eigenvalue weighted by Gasteiger charge is -2.08. The highest BCUT2D eigenvalue weighted by atomic mass is 35.5. The summed E-state index contributed by atoms with van der Waals surface area (Å²) >= 11 is 11.8. The Balaban J connectivity index is 2.12. The van der Waals surface area contributed by atoms with E-state index >= 15 is 0 Å². The summed E-state index contributed by atoms with van der Waals surface area (Å²) in [6.45, 7) is 1.43. The summed E-state index contributed by atoms with van der Waals surface area (Å²) in [6.07, 6.45) is 0. The molecule has 0 unspecified atom stereocenters. The maximum absolute atomic E-state index is 12.1. The van der Waals surface area contributed by atoms with Crippen LogP contribution in [0.1, 0.15) is 17.3 Å². The monoisotopic (exact) mass is 322 g/mol. The van der Waals surface area contributed by atoms with Crippen molar-refractivity contribution in [2.24, 2.45) is 0 Å². The maximum atomic E-state index is 12.1. The van der Waals surface area contributed by atoms with Gasteiger partial charge in [-0.3, -0.25) is 9.59 Å². The largest absolute Gasteiger partial charge is 0.326 e. The Morgan fingerprint density at radius 2 is 1.48 bits per heavy atom. The van der Waals surface area contributed by atoms with E-state index in [1.807, 2.05) is 0 Å². The van der Waals surface area contributed by atoms with Gasteiger partial charge in [0.25, 0.3) is 5.91 Å². The lowest BCUT2D eigenvalue weighted by molar-refractivity contribution is -0.114. The third-order valence-electron chi connectivity index (χ3n) is 2.64. The summed E-state index contributed by atoms with van der Waals surface area (Å²) < 4.78 is 0. The fourth-order valence-corrected chi connectivity index (χ4v) is 2.09. The third kappa shape index (κ3) is 4.21. The zero-order valence-corrected chi connectivity index (χ0v) is 12.6. The molecule has 2 N–H and O–H groups in total. The van der Waals surface area contributed by atoms with E-state index in [4.69, 9.17) is 23.2 Å². The molecule has 0 aliphatic heterocycles. The van der Waals surface area contributed by atoms with Gasteiger partial charge in [0.15, 0.2) is 0 Å². The number of rotatable bonds is 3. The van der Waals surface area contributed by atoms with Crippen molar-refractivity contribution in [2.45, 2.75) is 6.92 Å². The molecule has 0 heterocycles. The molecule has 6 heteroatoms. The lowest BCUT2D eigenvalue weighted by atomic mass is 10.2. The second kappa shape index (κ2) is 6.61. The predicted octanol–water partition coefficient (Wildman–Crippen LogP) is 4.20. The molecule has 0 atom stereocenters. The molecule has 0 radical (unpaired) electrons. The van der Waals surface area contributed by atoms with E-state index in [0.29, 0.717) is 27.0 Å². The number of carbonyl (C=O) groups excluding carboxylic acids is 2. The van der Waals surface area contributed by atoms with Crippen LogP contribution in [0.4, 0.5) is 11.4 Å². The molecular formula is C15H12Cl2N2O2. The van der Waals surface area contributed by atoms with Gasteiger partial charge in [0, 0.05) is 23.3 Å². The van der Waals surface area contributed by atoms with E-state index in [2.05, 4.69) is 10.6 Å². The van der Waals surface area contributed by atoms with E-state index < -0.39 is 0 Å². The molecule has 0 aliphatic rings. The van der Waals surface area contributed by atoms with Gasteiger partial charge in [-0.25, -0.2) is 0 Å². The van der Waals surface area contributed by atoms with Gasteiger partial charge in [0.2, 0.25) is 5.91 Å². The van der Waals surface area contributed by atoms with Crippen molar-refractivity contribution in [3.8, 4) is 0 Å². The normalized spacial score (nSPS) is 10.0. The number of hydrogen-bond donors (Lipinski definition) is 2. The molecule has 0 aromatic heterocycles. The molecule has 0 saturated heterocycles. The smallest absolute Gasteiger partial charge is 0.257 e. The summed E-state index contributed by atoms with van der Waals surface area (Å²) in [4.78, 5) is 23.0. The van der Waals surface area contributed by atoms with E-state index in [9.17, 15) is 9.59 Å². The number of amides is 2. The molecule has 108 valence electrons. The Bertz CT molecular complexity index is 685. The van der Waals surface area contributed by atoms with Crippen molar-refractivity contribution < 1.29 is 9.59 Å². The summed E-state index contributed by atoms with van der Waals surface area (Å²) in [5, 5.41) is 6.12. The highest BCUT2D eigenvalue weighted by molar-refractivity contribution is 6.36. The molecule has 2 aromatic carbocycles. The van der Waals surface area contributed by atoms with E-state index in [0.717, 1.165) is 0 Å². The number of anilines is 2. The fraction of sp³-hybridized carbons (Fsp3) is 0.0667. The summed E-state index contributed by atoms with van der Waals surface area (Å²) in [5.41, 5.74) is 1.54. The van der Waals surface area contributed by atoms with E-state index in [1.165, 1.54) is 13.0 Å². The van der Waals surface area contributed by atoms with Gasteiger partial charge in [0.1, 0.15) is 0 Å². The Morgan fingerprint density at radius 3 is 2.05 bits per heavy atom. The van der Waals surface area contributed by atoms with Gasteiger partial charge in [-0.1, -0.05) is 23.2 Å². The van der Waals surface area contributed by atoms with Crippen molar-refractivity contribution in [2.75, 3.05) is 10.6 Å². The Labute approximate surface area is 132 Å². The number of benzene rings is 2. The summed E-state index contributed by atoms with van der Waals surface area (Å²) in [5.74, 6) is -0.507. The van der Waals surface area contributed by atoms with Crippen LogP contribution in [0.15, 0.2) is 42.5 Å². The van der Waals surface area contributed by atoms with Crippen LogP contribution in [-0.2, 0) is 4.79 Å². The Morgan fingerprint density at radius 1 is 0.905 bits per heavy atom. The van der Waals surface area contributed by atoms with Gasteiger partial charge in [-0.2, -0.15) is 0 Å². The first kappa shape index (κ1) is 15.4. The zero-order chi connectivity index (χ0) is 15.4. The molecule has 2 amide bonds. The second-order valence-corrected chi connectivity index (χ2v) is 5.18. The zero-order valence-electron chi connectivity index (χ0n) is 11.1. The van der Waals surface area contributed by atoms with Crippen molar-refractivity contribution in [3.63, 3.8) is 0 Å². The number of carbonyl (C=O) groups is 2. The van der Waals surface area contributed by atoms with Crippen LogP contribution >= 0.6 is 23.2 Å². The number of nitrogens with one attached hydrogen (secondary N) is 2. The molecule has 2 rings (SSSR count). The minimum Gasteiger partial charge on any atom is -0.326 e. The van der Waals surface area contributed by atoms with Gasteiger partial charge in [0.05, 0.1) is 10.6 Å². The quantitative estimate of drug-likeness (QED) is 0.889. The van der Waals surface area contributed by atoms with Gasteiger partial charge in [-0.05, 0) is 42.5 Å². The van der Waals surface area contributed by atoms with Gasteiger partial charge < -0.3 is 10.6 Å². The third-order valence-corrected chi connectivity index (χ3v) is 3.20. The first-order valence-electron chi connectivity index (χ1n) is 6.10. The van der Waals surface area contributed by atoms with Crippen LogP contribution in [0.2, 0.25) is 10.0 Å². The highest BCUT2D eigenvalue weighted by Crippen LogP contribution is 2.22. The predicted molar refractivity (Wildman–Crippen MR) is 85.2 cm³/mol. The Kier molecular flexibility index (Phi) is 4.83. The van der Waals surface area contributed by atoms with Crippen LogP contribution in [0, 0.1) is 0 Å². The minimum absolute atomic E-state index is 0.155. The van der Waals surface area contributed by atoms with Crippen LogP contribution in [-0.4, -0.2) is 11.8 Å². The van der Waals surface area contributed by atoms with Crippen molar-refractivity contribution >= 4 is 46.4 Å². The molecule has 21 heavy (non-hydrogen) atoms. The molecule has 4 nitrogen and oxygen atoms in total. The lowest BCUT2D eigenvalue weighted by Crippen LogP contribution is -2.12. The summed E-state index contributed by atoms with van der Waals surface area (Å²) in [6, 6.07) is 11.4. The molecule has 0 aliphatic carbocycles. The second-order valence-electron chi connectivity index (χ2n) is 4.34. The van der Waals surface area contributed by atoms with Crippen molar-refractivity contribution in [1.29, 1.82) is 0 Å².